The molecule has 1 unspecified atom stereocenters. The topological polar surface area (TPSA) is 104 Å². The van der Waals surface area contributed by atoms with Gasteiger partial charge >= 0.3 is 0 Å². The molecule has 0 saturated carbocycles. The minimum Gasteiger partial charge on any atom is -0.493 e. The van der Waals surface area contributed by atoms with Crippen molar-refractivity contribution in [3.63, 3.8) is 0 Å². The Morgan fingerprint density at radius 2 is 1.68 bits per heavy atom. The first-order chi connectivity index (χ1) is 13.3. The minimum absolute atomic E-state index is 0.144. The van der Waals surface area contributed by atoms with Crippen molar-refractivity contribution in [1.29, 1.82) is 0 Å². The van der Waals surface area contributed by atoms with Crippen molar-refractivity contribution in [2.24, 2.45) is 13.0 Å². The molecule has 152 valence electrons. The summed E-state index contributed by atoms with van der Waals surface area (Å²) in [5.74, 6) is 0.574. The van der Waals surface area contributed by atoms with Crippen LogP contribution in [0.25, 0.3) is 0 Å². The third-order valence-corrected chi connectivity index (χ3v) is 4.13. The Labute approximate surface area is 164 Å². The van der Waals surface area contributed by atoms with Crippen molar-refractivity contribution in [1.82, 2.24) is 15.1 Å². The number of hydrogen-bond acceptors (Lipinski definition) is 6. The van der Waals surface area contributed by atoms with Gasteiger partial charge in [0.15, 0.2) is 17.3 Å². The number of nitrogens with zero attached hydrogens (tertiary/aromatic N) is 2. The second-order valence-corrected chi connectivity index (χ2v) is 6.47. The minimum atomic E-state index is -0.756. The first kappa shape index (κ1) is 21.1. The predicted octanol–water partition coefficient (Wildman–Crippen LogP) is 1.84. The summed E-state index contributed by atoms with van der Waals surface area (Å²) >= 11 is 0. The highest BCUT2D eigenvalue weighted by molar-refractivity contribution is 6.01. The number of nitrogens with one attached hydrogen (secondary N) is 2. The molecule has 28 heavy (non-hydrogen) atoms. The monoisotopic (exact) mass is 390 g/mol. The van der Waals surface area contributed by atoms with E-state index >= 15 is 0 Å². The number of rotatable bonds is 8. The summed E-state index contributed by atoms with van der Waals surface area (Å²) in [6, 6.07) is 3.99. The molecule has 0 spiro atoms. The van der Waals surface area contributed by atoms with Gasteiger partial charge in [0.1, 0.15) is 6.04 Å². The zero-order valence-corrected chi connectivity index (χ0v) is 16.9. The van der Waals surface area contributed by atoms with Gasteiger partial charge in [0, 0.05) is 24.9 Å². The van der Waals surface area contributed by atoms with Gasteiger partial charge in [-0.05, 0) is 18.1 Å². The molecule has 1 heterocycles. The fraction of sp³-hybridized carbons (Fsp3) is 0.421. The number of benzene rings is 1. The molecule has 2 amide bonds. The standard InChI is InChI=1S/C19H26N4O5/c1-11(2)16(19(25)20-15-7-8-23(3)22-15)21-18(24)12-9-13(26-4)17(28-6)14(10-12)27-5/h7-11,16H,1-6H3,(H,21,24)(H,20,22,25). The smallest absolute Gasteiger partial charge is 0.252 e. The summed E-state index contributed by atoms with van der Waals surface area (Å²) in [5.41, 5.74) is 0.283. The Kier molecular flexibility index (Phi) is 6.86. The number of ether oxygens (including phenoxy) is 3. The lowest BCUT2D eigenvalue weighted by Crippen LogP contribution is -2.47. The highest BCUT2D eigenvalue weighted by Crippen LogP contribution is 2.38. The average molecular weight is 390 g/mol. The van der Waals surface area contributed by atoms with E-state index in [1.165, 1.54) is 33.5 Å². The summed E-state index contributed by atoms with van der Waals surface area (Å²) in [7, 11) is 6.17. The van der Waals surface area contributed by atoms with E-state index < -0.39 is 11.9 Å². The highest BCUT2D eigenvalue weighted by Gasteiger charge is 2.26. The number of anilines is 1. The fourth-order valence-electron chi connectivity index (χ4n) is 2.66. The molecule has 1 atom stereocenters. The molecule has 0 fully saturated rings. The van der Waals surface area contributed by atoms with Crippen molar-refractivity contribution >= 4 is 17.6 Å². The molecular weight excluding hydrogens is 364 g/mol. The Morgan fingerprint density at radius 3 is 2.11 bits per heavy atom. The lowest BCUT2D eigenvalue weighted by molar-refractivity contribution is -0.118. The Hall–Kier alpha value is -3.23. The van der Waals surface area contributed by atoms with Crippen LogP contribution in [0.4, 0.5) is 5.82 Å². The summed E-state index contributed by atoms with van der Waals surface area (Å²) in [4.78, 5) is 25.4. The van der Waals surface area contributed by atoms with Crippen LogP contribution in [0.1, 0.15) is 24.2 Å². The van der Waals surface area contributed by atoms with Gasteiger partial charge in [0.25, 0.3) is 5.91 Å². The quantitative estimate of drug-likeness (QED) is 0.713. The molecule has 2 aromatic rings. The van der Waals surface area contributed by atoms with Crippen LogP contribution in [0.2, 0.25) is 0 Å². The van der Waals surface area contributed by atoms with Gasteiger partial charge in [0.05, 0.1) is 21.3 Å². The van der Waals surface area contributed by atoms with Crippen LogP contribution in [-0.2, 0) is 11.8 Å². The maximum Gasteiger partial charge on any atom is 0.252 e. The Morgan fingerprint density at radius 1 is 1.07 bits per heavy atom. The molecule has 0 radical (unpaired) electrons. The molecular formula is C19H26N4O5. The Bertz CT molecular complexity index is 822. The van der Waals surface area contributed by atoms with Gasteiger partial charge in [0.2, 0.25) is 11.7 Å². The number of methoxy groups -OCH3 is 3. The molecule has 0 aliphatic heterocycles. The summed E-state index contributed by atoms with van der Waals surface area (Å²) in [6.45, 7) is 3.69. The van der Waals surface area contributed by atoms with Crippen LogP contribution in [0.5, 0.6) is 17.2 Å². The van der Waals surface area contributed by atoms with Gasteiger partial charge in [-0.25, -0.2) is 0 Å². The van der Waals surface area contributed by atoms with E-state index in [-0.39, 0.29) is 17.4 Å². The van der Waals surface area contributed by atoms with E-state index in [9.17, 15) is 9.59 Å². The molecule has 1 aromatic heterocycles. The van der Waals surface area contributed by atoms with Crippen molar-refractivity contribution < 1.29 is 23.8 Å². The number of aromatic nitrogens is 2. The molecule has 9 heteroatoms. The second kappa shape index (κ2) is 9.12. The molecule has 0 saturated heterocycles. The van der Waals surface area contributed by atoms with E-state index in [1.807, 2.05) is 13.8 Å². The van der Waals surface area contributed by atoms with Crippen LogP contribution < -0.4 is 24.8 Å². The van der Waals surface area contributed by atoms with E-state index in [4.69, 9.17) is 14.2 Å². The normalized spacial score (nSPS) is 11.7. The lowest BCUT2D eigenvalue weighted by atomic mass is 10.0. The summed E-state index contributed by atoms with van der Waals surface area (Å²) in [5, 5.41) is 9.59. The van der Waals surface area contributed by atoms with E-state index in [2.05, 4.69) is 15.7 Å². The first-order valence-corrected chi connectivity index (χ1v) is 8.72. The van der Waals surface area contributed by atoms with Gasteiger partial charge in [-0.3, -0.25) is 14.3 Å². The average Bonchev–Trinajstić information content (AvgIpc) is 3.08. The van der Waals surface area contributed by atoms with Crippen LogP contribution in [-0.4, -0.2) is 49.0 Å². The maximum absolute atomic E-state index is 12.8. The van der Waals surface area contributed by atoms with Crippen LogP contribution >= 0.6 is 0 Å². The SMILES string of the molecule is COc1cc(C(=O)NC(C(=O)Nc2ccn(C)n2)C(C)C)cc(OC)c1OC. The van der Waals surface area contributed by atoms with Crippen molar-refractivity contribution in [3.8, 4) is 17.2 Å². The van der Waals surface area contributed by atoms with Crippen LogP contribution in [0.15, 0.2) is 24.4 Å². The zero-order valence-electron chi connectivity index (χ0n) is 16.9. The van der Waals surface area contributed by atoms with Gasteiger partial charge in [-0.15, -0.1) is 0 Å². The fourth-order valence-corrected chi connectivity index (χ4v) is 2.66. The third kappa shape index (κ3) is 4.73. The first-order valence-electron chi connectivity index (χ1n) is 8.72. The number of amides is 2. The van der Waals surface area contributed by atoms with Crippen LogP contribution in [0.3, 0.4) is 0 Å². The largest absolute Gasteiger partial charge is 0.493 e. The van der Waals surface area contributed by atoms with Crippen molar-refractivity contribution in [2.45, 2.75) is 19.9 Å². The van der Waals surface area contributed by atoms with E-state index in [0.717, 1.165) is 0 Å². The predicted molar refractivity (Wildman–Crippen MR) is 104 cm³/mol. The number of aryl methyl sites for hydroxylation is 1. The zero-order chi connectivity index (χ0) is 20.8. The number of carbonyl (C=O) groups excluding carboxylic acids is 2. The summed E-state index contributed by atoms with van der Waals surface area (Å²) in [6.07, 6.45) is 1.72. The maximum atomic E-state index is 12.8. The molecule has 9 nitrogen and oxygen atoms in total. The van der Waals surface area contributed by atoms with Crippen molar-refractivity contribution in [3.05, 3.63) is 30.0 Å². The summed E-state index contributed by atoms with van der Waals surface area (Å²) < 4.78 is 17.4. The van der Waals surface area contributed by atoms with Gasteiger partial charge in [-0.1, -0.05) is 13.8 Å². The third-order valence-electron chi connectivity index (χ3n) is 4.13. The molecule has 0 aliphatic carbocycles. The Balaban J connectivity index is 2.23. The van der Waals surface area contributed by atoms with E-state index in [1.54, 1.807) is 24.0 Å². The molecule has 2 N–H and O–H groups in total. The molecule has 0 aliphatic rings. The number of hydrogen-bond donors (Lipinski definition) is 2. The second-order valence-electron chi connectivity index (χ2n) is 6.47. The number of carbonyl (C=O) groups is 2. The molecule has 1 aromatic carbocycles. The molecule has 2 rings (SSSR count). The van der Waals surface area contributed by atoms with Gasteiger partial charge < -0.3 is 24.8 Å². The highest BCUT2D eigenvalue weighted by atomic mass is 16.5. The lowest BCUT2D eigenvalue weighted by Gasteiger charge is -2.22. The van der Waals surface area contributed by atoms with Crippen molar-refractivity contribution in [2.75, 3.05) is 26.6 Å². The van der Waals surface area contributed by atoms with Crippen LogP contribution in [0, 0.1) is 5.92 Å². The van der Waals surface area contributed by atoms with Gasteiger partial charge in [-0.2, -0.15) is 5.10 Å². The van der Waals surface area contributed by atoms with E-state index in [0.29, 0.717) is 23.1 Å². The molecule has 0 bridgehead atoms.